The van der Waals surface area contributed by atoms with Crippen molar-refractivity contribution in [2.45, 2.75) is 33.4 Å². The number of aromatic nitrogens is 2. The standard InChI is InChI=1S/C14H21N5S/c1-8-6-16-4-5-19(8)7-11-17-13(15)12-9(2)10(3)20-14(12)18-11/h8,16H,4-7H2,1-3H3,(H2,15,17,18)/t8-/m0/s1. The van der Waals surface area contributed by atoms with Crippen LogP contribution in [-0.4, -0.2) is 40.5 Å². The zero-order valence-corrected chi connectivity index (χ0v) is 13.0. The zero-order chi connectivity index (χ0) is 14.3. The van der Waals surface area contributed by atoms with Crippen LogP contribution in [0.5, 0.6) is 0 Å². The lowest BCUT2D eigenvalue weighted by Crippen LogP contribution is -2.49. The van der Waals surface area contributed by atoms with Gasteiger partial charge < -0.3 is 11.1 Å². The van der Waals surface area contributed by atoms with Gasteiger partial charge >= 0.3 is 0 Å². The van der Waals surface area contributed by atoms with E-state index in [0.717, 1.165) is 42.2 Å². The van der Waals surface area contributed by atoms with Gasteiger partial charge in [0.2, 0.25) is 0 Å². The first-order chi connectivity index (χ1) is 9.56. The lowest BCUT2D eigenvalue weighted by atomic mass is 10.2. The number of nitrogens with zero attached hydrogens (tertiary/aromatic N) is 3. The first-order valence-corrected chi connectivity index (χ1v) is 7.84. The molecule has 0 aromatic carbocycles. The molecule has 0 saturated carbocycles. The molecule has 1 fully saturated rings. The second-order valence-corrected chi connectivity index (χ2v) is 6.72. The molecule has 5 nitrogen and oxygen atoms in total. The van der Waals surface area contributed by atoms with Crippen molar-refractivity contribution in [2.24, 2.45) is 0 Å². The van der Waals surface area contributed by atoms with E-state index in [1.165, 1.54) is 10.4 Å². The molecular weight excluding hydrogens is 270 g/mol. The summed E-state index contributed by atoms with van der Waals surface area (Å²) in [6, 6.07) is 0.510. The molecular formula is C14H21N5S. The number of thiophene rings is 1. The number of nitrogens with one attached hydrogen (secondary N) is 1. The van der Waals surface area contributed by atoms with Gasteiger partial charge in [-0.25, -0.2) is 9.97 Å². The van der Waals surface area contributed by atoms with E-state index in [-0.39, 0.29) is 0 Å². The van der Waals surface area contributed by atoms with Crippen molar-refractivity contribution in [2.75, 3.05) is 25.4 Å². The van der Waals surface area contributed by atoms with Crippen molar-refractivity contribution in [1.29, 1.82) is 0 Å². The maximum absolute atomic E-state index is 6.14. The van der Waals surface area contributed by atoms with Crippen molar-refractivity contribution in [1.82, 2.24) is 20.2 Å². The average Bonchev–Trinajstić information content (AvgIpc) is 2.68. The molecule has 0 spiro atoms. The molecule has 3 N–H and O–H groups in total. The molecule has 1 aliphatic rings. The molecule has 2 aromatic rings. The van der Waals surface area contributed by atoms with E-state index >= 15 is 0 Å². The maximum Gasteiger partial charge on any atom is 0.146 e. The fourth-order valence-electron chi connectivity index (χ4n) is 2.70. The largest absolute Gasteiger partial charge is 0.383 e. The minimum absolute atomic E-state index is 0.510. The van der Waals surface area contributed by atoms with Crippen LogP contribution in [0.25, 0.3) is 10.2 Å². The summed E-state index contributed by atoms with van der Waals surface area (Å²) in [6.45, 7) is 10.3. The summed E-state index contributed by atoms with van der Waals surface area (Å²) in [5.41, 5.74) is 7.35. The minimum atomic E-state index is 0.510. The third kappa shape index (κ3) is 2.39. The Balaban J connectivity index is 1.92. The molecule has 0 bridgehead atoms. The van der Waals surface area contributed by atoms with Gasteiger partial charge in [-0.1, -0.05) is 0 Å². The first-order valence-electron chi connectivity index (χ1n) is 7.03. The third-order valence-corrected chi connectivity index (χ3v) is 5.19. The molecule has 1 aliphatic heterocycles. The summed E-state index contributed by atoms with van der Waals surface area (Å²) in [4.78, 5) is 13.9. The third-order valence-electron chi connectivity index (χ3n) is 4.09. The lowest BCUT2D eigenvalue weighted by Gasteiger charge is -2.33. The van der Waals surface area contributed by atoms with Crippen LogP contribution in [0, 0.1) is 13.8 Å². The number of hydrogen-bond acceptors (Lipinski definition) is 6. The molecule has 108 valence electrons. The highest BCUT2D eigenvalue weighted by molar-refractivity contribution is 7.18. The van der Waals surface area contributed by atoms with Crippen LogP contribution in [0.1, 0.15) is 23.2 Å². The Kier molecular flexibility index (Phi) is 3.62. The van der Waals surface area contributed by atoms with Crippen LogP contribution >= 0.6 is 11.3 Å². The number of fused-ring (bicyclic) bond motifs is 1. The maximum atomic E-state index is 6.14. The van der Waals surface area contributed by atoms with Crippen LogP contribution in [0.3, 0.4) is 0 Å². The van der Waals surface area contributed by atoms with Crippen molar-refractivity contribution in [3.8, 4) is 0 Å². The first kappa shape index (κ1) is 13.7. The highest BCUT2D eigenvalue weighted by Gasteiger charge is 2.20. The number of rotatable bonds is 2. The van der Waals surface area contributed by atoms with E-state index in [1.54, 1.807) is 11.3 Å². The fraction of sp³-hybridized carbons (Fsp3) is 0.571. The molecule has 0 radical (unpaired) electrons. The van der Waals surface area contributed by atoms with Gasteiger partial charge in [0.1, 0.15) is 16.5 Å². The summed E-state index contributed by atoms with van der Waals surface area (Å²) in [5.74, 6) is 1.46. The van der Waals surface area contributed by atoms with Crippen LogP contribution in [0.2, 0.25) is 0 Å². The second kappa shape index (κ2) is 5.27. The topological polar surface area (TPSA) is 67.1 Å². The van der Waals surface area contributed by atoms with Crippen molar-refractivity contribution < 1.29 is 0 Å². The number of hydrogen-bond donors (Lipinski definition) is 2. The van der Waals surface area contributed by atoms with Gasteiger partial charge in [0.05, 0.1) is 11.9 Å². The summed E-state index contributed by atoms with van der Waals surface area (Å²) in [6.07, 6.45) is 0. The summed E-state index contributed by atoms with van der Waals surface area (Å²) < 4.78 is 0. The highest BCUT2D eigenvalue weighted by Crippen LogP contribution is 2.32. The number of nitrogen functional groups attached to an aromatic ring is 1. The van der Waals surface area contributed by atoms with Crippen molar-refractivity contribution >= 4 is 27.4 Å². The number of aryl methyl sites for hydroxylation is 2. The van der Waals surface area contributed by atoms with E-state index in [2.05, 4.69) is 36.0 Å². The second-order valence-electron chi connectivity index (χ2n) is 5.51. The van der Waals surface area contributed by atoms with Crippen LogP contribution < -0.4 is 11.1 Å². The predicted octanol–water partition coefficient (Wildman–Crippen LogP) is 1.68. The van der Waals surface area contributed by atoms with Crippen LogP contribution in [0.15, 0.2) is 0 Å². The molecule has 3 heterocycles. The Morgan fingerprint density at radius 1 is 1.40 bits per heavy atom. The molecule has 1 saturated heterocycles. The highest BCUT2D eigenvalue weighted by atomic mass is 32.1. The van der Waals surface area contributed by atoms with Crippen molar-refractivity contribution in [3.63, 3.8) is 0 Å². The summed E-state index contributed by atoms with van der Waals surface area (Å²) in [5, 5.41) is 4.43. The van der Waals surface area contributed by atoms with Gasteiger partial charge in [-0.2, -0.15) is 0 Å². The Hall–Kier alpha value is -1.24. The van der Waals surface area contributed by atoms with Crippen LogP contribution in [-0.2, 0) is 6.54 Å². The van der Waals surface area contributed by atoms with E-state index < -0.39 is 0 Å². The normalized spacial score (nSPS) is 20.6. The molecule has 20 heavy (non-hydrogen) atoms. The number of piperazine rings is 1. The van der Waals surface area contributed by atoms with Gasteiger partial charge in [-0.05, 0) is 26.3 Å². The van der Waals surface area contributed by atoms with E-state index in [4.69, 9.17) is 10.7 Å². The fourth-order valence-corrected chi connectivity index (χ4v) is 3.75. The monoisotopic (exact) mass is 291 g/mol. The van der Waals surface area contributed by atoms with Gasteiger partial charge in [-0.3, -0.25) is 4.90 Å². The van der Waals surface area contributed by atoms with Gasteiger partial charge in [0.25, 0.3) is 0 Å². The number of anilines is 1. The molecule has 0 aliphatic carbocycles. The SMILES string of the molecule is Cc1sc2nc(CN3CCNC[C@@H]3C)nc(N)c2c1C. The predicted molar refractivity (Wildman–Crippen MR) is 84.0 cm³/mol. The minimum Gasteiger partial charge on any atom is -0.383 e. The molecule has 1 atom stereocenters. The van der Waals surface area contributed by atoms with E-state index in [1.807, 2.05) is 0 Å². The van der Waals surface area contributed by atoms with Gasteiger partial charge in [0, 0.05) is 30.6 Å². The molecule has 0 amide bonds. The van der Waals surface area contributed by atoms with Gasteiger partial charge in [-0.15, -0.1) is 11.3 Å². The molecule has 2 aromatic heterocycles. The molecule has 6 heteroatoms. The Labute approximate surface area is 123 Å². The molecule has 0 unspecified atom stereocenters. The lowest BCUT2D eigenvalue weighted by molar-refractivity contribution is 0.162. The van der Waals surface area contributed by atoms with Gasteiger partial charge in [0.15, 0.2) is 0 Å². The number of nitrogens with two attached hydrogens (primary N) is 1. The Morgan fingerprint density at radius 3 is 2.95 bits per heavy atom. The molecule has 3 rings (SSSR count). The Bertz CT molecular complexity index is 636. The van der Waals surface area contributed by atoms with E-state index in [9.17, 15) is 0 Å². The van der Waals surface area contributed by atoms with E-state index in [0.29, 0.717) is 11.9 Å². The van der Waals surface area contributed by atoms with Crippen LogP contribution in [0.4, 0.5) is 5.82 Å². The quantitative estimate of drug-likeness (QED) is 0.881. The zero-order valence-electron chi connectivity index (χ0n) is 12.2. The summed E-state index contributed by atoms with van der Waals surface area (Å²) >= 11 is 1.71. The average molecular weight is 291 g/mol. The smallest absolute Gasteiger partial charge is 0.146 e. The Morgan fingerprint density at radius 2 is 2.20 bits per heavy atom. The summed E-state index contributed by atoms with van der Waals surface area (Å²) in [7, 11) is 0. The van der Waals surface area contributed by atoms with Crippen molar-refractivity contribution in [3.05, 3.63) is 16.3 Å².